The molecule has 1 amide bonds. The topological polar surface area (TPSA) is 80.9 Å². The summed E-state index contributed by atoms with van der Waals surface area (Å²) in [5, 5.41) is 16.2. The monoisotopic (exact) mass is 430 g/mol. The van der Waals surface area contributed by atoms with Crippen molar-refractivity contribution in [3.05, 3.63) is 57.3 Å². The molecule has 3 N–H and O–H groups in total. The number of carbonyl (C=O) groups excluding carboxylic acids is 1. The first-order chi connectivity index (χ1) is 12.1. The summed E-state index contributed by atoms with van der Waals surface area (Å²) in [4.78, 5) is 12.8. The third-order valence-corrected chi connectivity index (χ3v) is 5.95. The molecule has 4 aromatic rings. The van der Waals surface area contributed by atoms with Crippen molar-refractivity contribution in [3.63, 3.8) is 0 Å². The summed E-state index contributed by atoms with van der Waals surface area (Å²) in [6.07, 6.45) is 0. The molecule has 0 aliphatic rings. The van der Waals surface area contributed by atoms with E-state index in [0.717, 1.165) is 30.7 Å². The van der Waals surface area contributed by atoms with Crippen molar-refractivity contribution in [1.29, 1.82) is 0 Å². The van der Waals surface area contributed by atoms with Gasteiger partial charge in [0.05, 0.1) is 10.4 Å². The predicted molar refractivity (Wildman–Crippen MR) is 107 cm³/mol. The van der Waals surface area contributed by atoms with Crippen LogP contribution < -0.4 is 11.1 Å². The molecule has 0 bridgehead atoms. The highest BCUT2D eigenvalue weighted by Gasteiger charge is 2.18. The Bertz CT molecular complexity index is 1080. The van der Waals surface area contributed by atoms with Gasteiger partial charge in [-0.25, -0.2) is 0 Å². The zero-order valence-electron chi connectivity index (χ0n) is 12.7. The summed E-state index contributed by atoms with van der Waals surface area (Å²) >= 11 is 6.56. The Balaban J connectivity index is 1.90. The van der Waals surface area contributed by atoms with Gasteiger partial charge in [-0.3, -0.25) is 4.79 Å². The average Bonchev–Trinajstić information content (AvgIpc) is 3.24. The van der Waals surface area contributed by atoms with Gasteiger partial charge < -0.3 is 11.1 Å². The summed E-state index contributed by atoms with van der Waals surface area (Å²) in [5.74, 6) is 0.0260. The average molecular weight is 431 g/mol. The van der Waals surface area contributed by atoms with Crippen molar-refractivity contribution >= 4 is 66.1 Å². The summed E-state index contributed by atoms with van der Waals surface area (Å²) in [7, 11) is 0. The first-order valence-electron chi connectivity index (χ1n) is 7.27. The molecule has 0 spiro atoms. The fourth-order valence-corrected chi connectivity index (χ4v) is 4.58. The molecule has 3 heterocycles. The van der Waals surface area contributed by atoms with E-state index in [2.05, 4.69) is 31.4 Å². The highest BCUT2D eigenvalue weighted by atomic mass is 79.9. The molecule has 0 atom stereocenters. The number of hydrogen-bond donors (Lipinski definition) is 2. The van der Waals surface area contributed by atoms with E-state index in [1.807, 2.05) is 47.2 Å². The Labute approximate surface area is 159 Å². The minimum atomic E-state index is -0.581. The molecule has 8 heteroatoms. The van der Waals surface area contributed by atoms with E-state index >= 15 is 0 Å². The predicted octanol–water partition coefficient (Wildman–Crippen LogP) is 5.02. The lowest BCUT2D eigenvalue weighted by atomic mass is 10.1. The number of aromatic nitrogens is 2. The molecule has 5 nitrogen and oxygen atoms in total. The third kappa shape index (κ3) is 3.15. The van der Waals surface area contributed by atoms with Gasteiger partial charge in [-0.15, -0.1) is 21.5 Å². The largest absolute Gasteiger partial charge is 0.364 e. The SMILES string of the molecule is NC(=O)c1nnc(Nc2ccsc2)c2cc(-c3cccc(Br)c3)sc12. The molecule has 1 aromatic carbocycles. The van der Waals surface area contributed by atoms with Gasteiger partial charge in [0.1, 0.15) is 0 Å². The molecule has 0 saturated carbocycles. The zero-order valence-corrected chi connectivity index (χ0v) is 15.9. The number of fused-ring (bicyclic) bond motifs is 1. The number of carbonyl (C=O) groups is 1. The first-order valence-corrected chi connectivity index (χ1v) is 9.82. The van der Waals surface area contributed by atoms with E-state index in [9.17, 15) is 4.79 Å². The minimum absolute atomic E-state index is 0.192. The van der Waals surface area contributed by atoms with Gasteiger partial charge in [0.2, 0.25) is 0 Å². The molecule has 3 aromatic heterocycles. The molecule has 25 heavy (non-hydrogen) atoms. The lowest BCUT2D eigenvalue weighted by molar-refractivity contribution is 0.0996. The summed E-state index contributed by atoms with van der Waals surface area (Å²) < 4.78 is 1.72. The van der Waals surface area contributed by atoms with Crippen LogP contribution in [0.4, 0.5) is 11.5 Å². The Morgan fingerprint density at radius 2 is 2.08 bits per heavy atom. The van der Waals surface area contributed by atoms with Crippen LogP contribution in [0.5, 0.6) is 0 Å². The van der Waals surface area contributed by atoms with Gasteiger partial charge in [-0.1, -0.05) is 28.1 Å². The second kappa shape index (κ2) is 6.55. The molecule has 4 rings (SSSR count). The van der Waals surface area contributed by atoms with Crippen molar-refractivity contribution in [2.75, 3.05) is 5.32 Å². The van der Waals surface area contributed by atoms with Crippen LogP contribution in [0.2, 0.25) is 0 Å². The van der Waals surface area contributed by atoms with Crippen molar-refractivity contribution in [2.45, 2.75) is 0 Å². The Morgan fingerprint density at radius 3 is 2.80 bits per heavy atom. The Hall–Kier alpha value is -2.29. The number of anilines is 2. The summed E-state index contributed by atoms with van der Waals surface area (Å²) in [5.41, 5.74) is 7.65. The third-order valence-electron chi connectivity index (χ3n) is 3.58. The maximum absolute atomic E-state index is 11.7. The van der Waals surface area contributed by atoms with Crippen molar-refractivity contribution in [1.82, 2.24) is 10.2 Å². The van der Waals surface area contributed by atoms with Crippen LogP contribution in [0.15, 0.2) is 51.6 Å². The van der Waals surface area contributed by atoms with Crippen LogP contribution in [-0.4, -0.2) is 16.1 Å². The fraction of sp³-hybridized carbons (Fsp3) is 0. The van der Waals surface area contributed by atoms with Gasteiger partial charge in [-0.2, -0.15) is 11.3 Å². The van der Waals surface area contributed by atoms with E-state index in [1.165, 1.54) is 11.3 Å². The highest BCUT2D eigenvalue weighted by Crippen LogP contribution is 2.38. The number of primary amides is 1. The van der Waals surface area contributed by atoms with Crippen LogP contribution in [0.25, 0.3) is 20.5 Å². The maximum atomic E-state index is 11.7. The fourth-order valence-electron chi connectivity index (χ4n) is 2.45. The lowest BCUT2D eigenvalue weighted by Gasteiger charge is -2.05. The van der Waals surface area contributed by atoms with E-state index < -0.39 is 5.91 Å². The summed E-state index contributed by atoms with van der Waals surface area (Å²) in [6, 6.07) is 12.0. The van der Waals surface area contributed by atoms with Crippen LogP contribution in [0, 0.1) is 0 Å². The molecular weight excluding hydrogens is 420 g/mol. The van der Waals surface area contributed by atoms with Crippen LogP contribution >= 0.6 is 38.6 Å². The number of nitrogens with two attached hydrogens (primary N) is 1. The van der Waals surface area contributed by atoms with Gasteiger partial charge >= 0.3 is 0 Å². The van der Waals surface area contributed by atoms with Gasteiger partial charge in [-0.05, 0) is 35.2 Å². The number of thiophene rings is 2. The Kier molecular flexibility index (Phi) is 4.24. The normalized spacial score (nSPS) is 10.9. The van der Waals surface area contributed by atoms with E-state index in [-0.39, 0.29) is 5.69 Å². The molecule has 0 unspecified atom stereocenters. The maximum Gasteiger partial charge on any atom is 0.270 e. The lowest BCUT2D eigenvalue weighted by Crippen LogP contribution is -2.14. The molecule has 0 fully saturated rings. The number of rotatable bonds is 4. The zero-order chi connectivity index (χ0) is 17.4. The van der Waals surface area contributed by atoms with Gasteiger partial charge in [0.25, 0.3) is 5.91 Å². The highest BCUT2D eigenvalue weighted by molar-refractivity contribution is 9.10. The standard InChI is InChI=1S/C17H11BrN4OS2/c18-10-3-1-2-9(6-10)13-7-12-15(25-13)14(16(19)23)21-22-17(12)20-11-4-5-24-8-11/h1-8H,(H2,19,23)(H,20,22). The second-order valence-corrected chi connectivity index (χ2v) is 8.01. The second-order valence-electron chi connectivity index (χ2n) is 5.26. The number of halogens is 1. The molecule has 0 aliphatic carbocycles. The van der Waals surface area contributed by atoms with E-state index in [0.29, 0.717) is 5.82 Å². The van der Waals surface area contributed by atoms with Gasteiger partial charge in [0.15, 0.2) is 11.5 Å². The quantitative estimate of drug-likeness (QED) is 0.475. The van der Waals surface area contributed by atoms with Crippen molar-refractivity contribution in [3.8, 4) is 10.4 Å². The van der Waals surface area contributed by atoms with Crippen LogP contribution in [0.1, 0.15) is 10.5 Å². The van der Waals surface area contributed by atoms with Crippen molar-refractivity contribution in [2.24, 2.45) is 5.73 Å². The number of benzene rings is 1. The molecule has 0 aliphatic heterocycles. The van der Waals surface area contributed by atoms with Crippen molar-refractivity contribution < 1.29 is 4.79 Å². The molecule has 124 valence electrons. The smallest absolute Gasteiger partial charge is 0.270 e. The van der Waals surface area contributed by atoms with Gasteiger partial charge in [0, 0.05) is 20.1 Å². The number of nitrogens with zero attached hydrogens (tertiary/aromatic N) is 2. The summed E-state index contributed by atoms with van der Waals surface area (Å²) in [6.45, 7) is 0. The first kappa shape index (κ1) is 16.2. The molecule has 0 radical (unpaired) electrons. The van der Waals surface area contributed by atoms with E-state index in [4.69, 9.17) is 5.73 Å². The number of hydrogen-bond acceptors (Lipinski definition) is 6. The Morgan fingerprint density at radius 1 is 1.20 bits per heavy atom. The minimum Gasteiger partial charge on any atom is -0.364 e. The van der Waals surface area contributed by atoms with E-state index in [1.54, 1.807) is 11.3 Å². The van der Waals surface area contributed by atoms with Crippen LogP contribution in [0.3, 0.4) is 0 Å². The number of nitrogens with one attached hydrogen (secondary N) is 1. The number of amides is 1. The molecular formula is C17H11BrN4OS2. The molecule has 0 saturated heterocycles. The van der Waals surface area contributed by atoms with Crippen LogP contribution in [-0.2, 0) is 0 Å².